The molecule has 3 rings (SSSR count). The topological polar surface area (TPSA) is 45.9 Å². The van der Waals surface area contributed by atoms with Crippen LogP contribution in [0.4, 0.5) is 4.39 Å². The van der Waals surface area contributed by atoms with Crippen LogP contribution in [0.25, 0.3) is 0 Å². The number of rotatable bonds is 5. The van der Waals surface area contributed by atoms with Gasteiger partial charge in [0.1, 0.15) is 18.2 Å². The SMILES string of the molecule is O=C(c1ccco1)N1CCN(CCOc2ccc(F)cc2)CC1.[Cl-]. The monoisotopic (exact) mass is 353 g/mol. The Morgan fingerprint density at radius 1 is 1.12 bits per heavy atom. The summed E-state index contributed by atoms with van der Waals surface area (Å²) in [7, 11) is 0. The molecule has 1 aliphatic heterocycles. The zero-order chi connectivity index (χ0) is 16.1. The molecule has 130 valence electrons. The number of carbonyl (C=O) groups excluding carboxylic acids is 1. The van der Waals surface area contributed by atoms with E-state index >= 15 is 0 Å². The summed E-state index contributed by atoms with van der Waals surface area (Å²) in [6.07, 6.45) is 1.51. The van der Waals surface area contributed by atoms with Gasteiger partial charge in [-0.3, -0.25) is 9.69 Å². The van der Waals surface area contributed by atoms with E-state index in [2.05, 4.69) is 4.90 Å². The molecule has 0 atom stereocenters. The van der Waals surface area contributed by atoms with Gasteiger partial charge in [-0.05, 0) is 36.4 Å². The molecule has 0 N–H and O–H groups in total. The Kier molecular flexibility index (Phi) is 6.63. The number of piperazine rings is 1. The van der Waals surface area contributed by atoms with Crippen LogP contribution in [-0.2, 0) is 0 Å². The highest BCUT2D eigenvalue weighted by Crippen LogP contribution is 2.12. The second-order valence-electron chi connectivity index (χ2n) is 5.41. The van der Waals surface area contributed by atoms with Gasteiger partial charge in [-0.25, -0.2) is 4.39 Å². The second kappa shape index (κ2) is 8.70. The van der Waals surface area contributed by atoms with E-state index in [9.17, 15) is 9.18 Å². The number of nitrogens with zero attached hydrogens (tertiary/aromatic N) is 2. The van der Waals surface area contributed by atoms with Crippen LogP contribution in [0.2, 0.25) is 0 Å². The highest BCUT2D eigenvalue weighted by atomic mass is 35.5. The van der Waals surface area contributed by atoms with Crippen LogP contribution in [-0.4, -0.2) is 55.0 Å². The molecule has 0 spiro atoms. The van der Waals surface area contributed by atoms with Gasteiger partial charge in [0.2, 0.25) is 0 Å². The van der Waals surface area contributed by atoms with Crippen molar-refractivity contribution in [2.75, 3.05) is 39.3 Å². The van der Waals surface area contributed by atoms with Crippen LogP contribution in [0.5, 0.6) is 5.75 Å². The maximum absolute atomic E-state index is 12.8. The van der Waals surface area contributed by atoms with Crippen LogP contribution < -0.4 is 17.1 Å². The molecule has 0 aliphatic carbocycles. The number of benzene rings is 1. The number of carbonyl (C=O) groups is 1. The standard InChI is InChI=1S/C17H19FN2O3.ClH/c18-14-3-5-15(6-4-14)22-13-11-19-7-9-20(10-8-19)17(21)16-2-1-12-23-16;/h1-6,12H,7-11,13H2;1H/p-1. The molecule has 7 heteroatoms. The Balaban J connectivity index is 0.00000208. The van der Waals surface area contributed by atoms with Crippen molar-refractivity contribution in [2.24, 2.45) is 0 Å². The van der Waals surface area contributed by atoms with Crippen molar-refractivity contribution in [1.29, 1.82) is 0 Å². The number of ether oxygens (including phenoxy) is 1. The molecule has 24 heavy (non-hydrogen) atoms. The molecule has 1 fully saturated rings. The number of amides is 1. The lowest BCUT2D eigenvalue weighted by molar-refractivity contribution is -0.0000168. The van der Waals surface area contributed by atoms with Gasteiger partial charge < -0.3 is 26.5 Å². The van der Waals surface area contributed by atoms with Crippen molar-refractivity contribution < 1.29 is 30.7 Å². The van der Waals surface area contributed by atoms with E-state index < -0.39 is 0 Å². The van der Waals surface area contributed by atoms with Gasteiger partial charge >= 0.3 is 0 Å². The van der Waals surface area contributed by atoms with Crippen LogP contribution in [0.1, 0.15) is 10.6 Å². The highest BCUT2D eigenvalue weighted by molar-refractivity contribution is 5.91. The van der Waals surface area contributed by atoms with Crippen LogP contribution in [0, 0.1) is 5.82 Å². The van der Waals surface area contributed by atoms with Crippen LogP contribution >= 0.6 is 0 Å². The fourth-order valence-electron chi connectivity index (χ4n) is 2.55. The summed E-state index contributed by atoms with van der Waals surface area (Å²) in [6, 6.07) is 9.41. The van der Waals surface area contributed by atoms with E-state index in [0.717, 1.165) is 19.6 Å². The first kappa shape index (κ1) is 18.3. The van der Waals surface area contributed by atoms with E-state index in [1.165, 1.54) is 18.4 Å². The third-order valence-corrected chi connectivity index (χ3v) is 3.88. The molecule has 0 saturated carbocycles. The summed E-state index contributed by atoms with van der Waals surface area (Å²) < 4.78 is 23.5. The molecule has 1 amide bonds. The van der Waals surface area contributed by atoms with E-state index in [0.29, 0.717) is 31.2 Å². The molecule has 1 saturated heterocycles. The van der Waals surface area contributed by atoms with Gasteiger partial charge in [0.15, 0.2) is 5.76 Å². The number of halogens is 2. The van der Waals surface area contributed by atoms with E-state index in [-0.39, 0.29) is 24.1 Å². The van der Waals surface area contributed by atoms with E-state index in [1.807, 2.05) is 0 Å². The first-order valence-corrected chi connectivity index (χ1v) is 7.66. The maximum atomic E-state index is 12.8. The zero-order valence-corrected chi connectivity index (χ0v) is 13.9. The van der Waals surface area contributed by atoms with Gasteiger partial charge in [-0.15, -0.1) is 0 Å². The predicted octanol–water partition coefficient (Wildman–Crippen LogP) is -0.740. The molecule has 1 aromatic carbocycles. The van der Waals surface area contributed by atoms with E-state index in [1.54, 1.807) is 29.2 Å². The van der Waals surface area contributed by atoms with Crippen molar-refractivity contribution >= 4 is 5.91 Å². The van der Waals surface area contributed by atoms with Crippen LogP contribution in [0.3, 0.4) is 0 Å². The zero-order valence-electron chi connectivity index (χ0n) is 13.2. The minimum Gasteiger partial charge on any atom is -1.00 e. The normalized spacial score (nSPS) is 15.0. The Bertz CT molecular complexity index is 626. The van der Waals surface area contributed by atoms with Gasteiger partial charge in [0.05, 0.1) is 6.26 Å². The summed E-state index contributed by atoms with van der Waals surface area (Å²) in [6.45, 7) is 4.28. The Labute approximate surface area is 146 Å². The van der Waals surface area contributed by atoms with Crippen molar-refractivity contribution in [3.05, 3.63) is 54.2 Å². The first-order valence-electron chi connectivity index (χ1n) is 7.66. The minimum atomic E-state index is -0.269. The minimum absolute atomic E-state index is 0. The van der Waals surface area contributed by atoms with Gasteiger partial charge in [0, 0.05) is 32.7 Å². The Morgan fingerprint density at radius 3 is 2.46 bits per heavy atom. The van der Waals surface area contributed by atoms with Crippen molar-refractivity contribution in [1.82, 2.24) is 9.80 Å². The van der Waals surface area contributed by atoms with Crippen molar-refractivity contribution in [3.8, 4) is 5.75 Å². The number of hydrogen-bond donors (Lipinski definition) is 0. The maximum Gasteiger partial charge on any atom is 0.289 e. The first-order chi connectivity index (χ1) is 11.2. The smallest absolute Gasteiger partial charge is 0.289 e. The molecule has 1 aliphatic rings. The Hall–Kier alpha value is -2.05. The molecular formula is C17H19ClFN2O3-. The molecule has 0 radical (unpaired) electrons. The summed E-state index contributed by atoms with van der Waals surface area (Å²) in [5.41, 5.74) is 0. The lowest BCUT2D eigenvalue weighted by atomic mass is 10.3. The molecule has 2 aromatic rings. The average Bonchev–Trinajstić information content (AvgIpc) is 3.11. The largest absolute Gasteiger partial charge is 1.00 e. The highest BCUT2D eigenvalue weighted by Gasteiger charge is 2.23. The van der Waals surface area contributed by atoms with Crippen LogP contribution in [0.15, 0.2) is 47.1 Å². The van der Waals surface area contributed by atoms with E-state index in [4.69, 9.17) is 9.15 Å². The van der Waals surface area contributed by atoms with Gasteiger partial charge in [0.25, 0.3) is 5.91 Å². The summed E-state index contributed by atoms with van der Waals surface area (Å²) in [5, 5.41) is 0. The Morgan fingerprint density at radius 2 is 1.83 bits per heavy atom. The molecule has 5 nitrogen and oxygen atoms in total. The molecular weight excluding hydrogens is 335 g/mol. The molecule has 0 bridgehead atoms. The molecule has 0 unspecified atom stereocenters. The molecule has 1 aromatic heterocycles. The average molecular weight is 354 g/mol. The molecule has 2 heterocycles. The lowest BCUT2D eigenvalue weighted by Crippen LogP contribution is -3.00. The second-order valence-corrected chi connectivity index (χ2v) is 5.41. The fourth-order valence-corrected chi connectivity index (χ4v) is 2.55. The predicted molar refractivity (Wildman–Crippen MR) is 82.9 cm³/mol. The lowest BCUT2D eigenvalue weighted by Gasteiger charge is -2.34. The van der Waals surface area contributed by atoms with Crippen molar-refractivity contribution in [3.63, 3.8) is 0 Å². The number of hydrogen-bond acceptors (Lipinski definition) is 4. The summed E-state index contributed by atoms with van der Waals surface area (Å²) >= 11 is 0. The fraction of sp³-hybridized carbons (Fsp3) is 0.353. The summed E-state index contributed by atoms with van der Waals surface area (Å²) in [4.78, 5) is 16.2. The third kappa shape index (κ3) is 4.72. The quantitative estimate of drug-likeness (QED) is 0.710. The van der Waals surface area contributed by atoms with Gasteiger partial charge in [-0.2, -0.15) is 0 Å². The van der Waals surface area contributed by atoms with Gasteiger partial charge in [-0.1, -0.05) is 0 Å². The third-order valence-electron chi connectivity index (χ3n) is 3.88. The number of furan rings is 1. The van der Waals surface area contributed by atoms with Crippen molar-refractivity contribution in [2.45, 2.75) is 0 Å². The summed E-state index contributed by atoms with van der Waals surface area (Å²) in [5.74, 6) is 0.725.